The minimum absolute atomic E-state index is 0. The summed E-state index contributed by atoms with van der Waals surface area (Å²) in [4.78, 5) is 0. The molecule has 0 fully saturated rings. The van der Waals surface area contributed by atoms with Crippen LogP contribution in [0.1, 0.15) is 33.6 Å². The summed E-state index contributed by atoms with van der Waals surface area (Å²) in [5.41, 5.74) is 0. The molecule has 0 heterocycles. The van der Waals surface area contributed by atoms with Crippen molar-refractivity contribution in [3.8, 4) is 0 Å². The van der Waals surface area contributed by atoms with Gasteiger partial charge >= 0.3 is 41.3 Å². The molecule has 0 atom stereocenters. The summed E-state index contributed by atoms with van der Waals surface area (Å²) in [6, 6.07) is 0. The molecular formula is C8H19AlO2. The predicted octanol–water partition coefficient (Wildman–Crippen LogP) is 0.107. The van der Waals surface area contributed by atoms with Gasteiger partial charge < -0.3 is 10.2 Å². The second-order valence-corrected chi connectivity index (χ2v) is 2.30. The monoisotopic (exact) mass is 174 g/mol. The third kappa shape index (κ3) is 124. The largest absolute Gasteiger partial charge is 0.855 e. The summed E-state index contributed by atoms with van der Waals surface area (Å²) in [7, 11) is 0. The van der Waals surface area contributed by atoms with Crippen LogP contribution in [0, 0.1) is 0 Å². The van der Waals surface area contributed by atoms with Gasteiger partial charge in [-0.15, -0.1) is 13.2 Å². The van der Waals surface area contributed by atoms with Gasteiger partial charge in [-0.25, -0.2) is 0 Å². The first-order valence-electron chi connectivity index (χ1n) is 4.11. The van der Waals surface area contributed by atoms with Crippen molar-refractivity contribution >= 4 is 16.3 Å². The summed E-state index contributed by atoms with van der Waals surface area (Å²) in [5.74, 6) is 0. The van der Waals surface area contributed by atoms with Gasteiger partial charge in [-0.2, -0.15) is 0 Å². The van der Waals surface area contributed by atoms with E-state index in [1.54, 1.807) is 13.8 Å². The Morgan fingerprint density at radius 3 is 1.27 bits per heavy atom. The molecule has 0 saturated carbocycles. The Kier molecular flexibility index (Phi) is 50.0. The molecule has 0 aliphatic carbocycles. The molecule has 2 nitrogen and oxygen atoms in total. The van der Waals surface area contributed by atoms with Gasteiger partial charge in [0.25, 0.3) is 0 Å². The molecule has 0 aliphatic heterocycles. The third-order valence-corrected chi connectivity index (χ3v) is 0.966. The van der Waals surface area contributed by atoms with Crippen LogP contribution in [0.5, 0.6) is 0 Å². The first-order chi connectivity index (χ1) is 5.24. The quantitative estimate of drug-likeness (QED) is 0.558. The molecule has 0 radical (unpaired) electrons. The molecule has 0 aromatic rings. The summed E-state index contributed by atoms with van der Waals surface area (Å²) in [6.45, 7) is 5.34. The van der Waals surface area contributed by atoms with E-state index in [4.69, 9.17) is 10.2 Å². The maximum absolute atomic E-state index is 8.93. The van der Waals surface area contributed by atoms with Crippen LogP contribution < -0.4 is 10.2 Å². The van der Waals surface area contributed by atoms with Gasteiger partial charge in [0.2, 0.25) is 0 Å². The van der Waals surface area contributed by atoms with E-state index >= 15 is 0 Å². The van der Waals surface area contributed by atoms with E-state index < -0.39 is 0 Å². The van der Waals surface area contributed by atoms with Gasteiger partial charge in [-0.3, -0.25) is 0 Å². The van der Waals surface area contributed by atoms with Crippen molar-refractivity contribution in [3.63, 3.8) is 0 Å². The van der Waals surface area contributed by atoms with E-state index in [0.29, 0.717) is 0 Å². The van der Waals surface area contributed by atoms with Gasteiger partial charge in [0.15, 0.2) is 0 Å². The second kappa shape index (κ2) is 31.4. The van der Waals surface area contributed by atoms with Crippen LogP contribution in [0.25, 0.3) is 0 Å². The van der Waals surface area contributed by atoms with Crippen LogP contribution in [0.3, 0.4) is 0 Å². The zero-order chi connectivity index (χ0) is 9.54. The molecule has 11 heavy (non-hydrogen) atoms. The van der Waals surface area contributed by atoms with Gasteiger partial charge in [-0.1, -0.05) is 13.8 Å². The van der Waals surface area contributed by atoms with E-state index in [2.05, 4.69) is 23.2 Å². The number of rotatable bonds is 2. The molecule has 0 amide bonds. The molecule has 0 aliphatic rings. The van der Waals surface area contributed by atoms with Crippen LogP contribution in [0.4, 0.5) is 0 Å². The molecule has 66 valence electrons. The molecule has 0 unspecified atom stereocenters. The van der Waals surface area contributed by atoms with Crippen LogP contribution in [0.15, 0.2) is 0 Å². The Balaban J connectivity index is -0.0000000933. The zero-order valence-corrected chi connectivity index (χ0v) is 9.08. The number of hydrogen-bond donors (Lipinski definition) is 0. The van der Waals surface area contributed by atoms with Gasteiger partial charge in [0.05, 0.1) is 0 Å². The second-order valence-electron chi connectivity index (χ2n) is 1.72. The van der Waals surface area contributed by atoms with E-state index in [1.165, 1.54) is 18.1 Å². The summed E-state index contributed by atoms with van der Waals surface area (Å²) in [5, 5.41) is 19.1. The van der Waals surface area contributed by atoms with Crippen molar-refractivity contribution in [1.29, 1.82) is 0 Å². The first kappa shape index (κ1) is 17.5. The molecule has 0 aromatic heterocycles. The van der Waals surface area contributed by atoms with Gasteiger partial charge in [0, 0.05) is 0 Å². The predicted molar refractivity (Wildman–Crippen MR) is 46.6 cm³/mol. The molecule has 0 rings (SSSR count). The van der Waals surface area contributed by atoms with Crippen molar-refractivity contribution < 1.29 is 10.2 Å². The Hall–Kier alpha value is 0.452. The van der Waals surface area contributed by atoms with Crippen molar-refractivity contribution in [2.45, 2.75) is 38.9 Å². The average molecular weight is 174 g/mol. The summed E-state index contributed by atoms with van der Waals surface area (Å²) < 4.78 is 0. The van der Waals surface area contributed by atoms with Crippen molar-refractivity contribution in [2.24, 2.45) is 0 Å². The van der Waals surface area contributed by atoms with Crippen LogP contribution in [0.2, 0.25) is 5.28 Å². The van der Waals surface area contributed by atoms with Crippen LogP contribution >= 0.6 is 0 Å². The van der Waals surface area contributed by atoms with E-state index in [-0.39, 0.29) is 13.2 Å². The normalized spacial score (nSPS) is 7.18. The molecular weight excluding hydrogens is 155 g/mol. The summed E-state index contributed by atoms with van der Waals surface area (Å²) >= 11 is 2.70. The standard InChI is InChI=1S/C4H9.2C2H5O.Al/c1-3-4-2;2*1-2-3;/h1,3-4H2,2H3;2*2H2,1H3;/q;2*-1;+2. The van der Waals surface area contributed by atoms with Gasteiger partial charge in [0.1, 0.15) is 0 Å². The van der Waals surface area contributed by atoms with Crippen molar-refractivity contribution in [2.75, 3.05) is 13.2 Å². The SMILES string of the molecule is CCC[CH2][Al+2].CC[O-].CC[O-]. The van der Waals surface area contributed by atoms with Crippen molar-refractivity contribution in [3.05, 3.63) is 0 Å². The number of unbranched alkanes of at least 4 members (excludes halogenated alkanes) is 1. The smallest absolute Gasteiger partial charge is 0.0809 e. The van der Waals surface area contributed by atoms with E-state index in [9.17, 15) is 0 Å². The Morgan fingerprint density at radius 1 is 1.00 bits per heavy atom. The zero-order valence-electron chi connectivity index (χ0n) is 7.93. The Labute approximate surface area is 79.1 Å². The van der Waals surface area contributed by atoms with E-state index in [1.807, 2.05) is 0 Å². The maximum Gasteiger partial charge on any atom is -0.0809 e. The average Bonchev–Trinajstić information content (AvgIpc) is 1.92. The fourth-order valence-corrected chi connectivity index (χ4v) is 0.612. The molecule has 0 spiro atoms. The molecule has 0 saturated heterocycles. The summed E-state index contributed by atoms with van der Waals surface area (Å²) in [6.07, 6.45) is 2.67. The van der Waals surface area contributed by atoms with Crippen LogP contribution in [-0.2, 0) is 0 Å². The Morgan fingerprint density at radius 2 is 1.27 bits per heavy atom. The minimum atomic E-state index is 0. The van der Waals surface area contributed by atoms with Crippen molar-refractivity contribution in [1.82, 2.24) is 0 Å². The van der Waals surface area contributed by atoms with Crippen LogP contribution in [-0.4, -0.2) is 29.5 Å². The molecule has 0 bridgehead atoms. The fraction of sp³-hybridized carbons (Fsp3) is 1.00. The first-order valence-corrected chi connectivity index (χ1v) is 4.92. The fourth-order valence-electron chi connectivity index (χ4n) is 0.204. The Bertz CT molecular complexity index is 31.3. The topological polar surface area (TPSA) is 46.1 Å². The molecule has 0 N–H and O–H groups in total. The van der Waals surface area contributed by atoms with Gasteiger partial charge in [-0.05, 0) is 0 Å². The molecule has 0 aromatic carbocycles. The molecule has 3 heteroatoms. The number of hydrogen-bond acceptors (Lipinski definition) is 2. The van der Waals surface area contributed by atoms with E-state index in [0.717, 1.165) is 0 Å². The maximum atomic E-state index is 8.93. The minimum Gasteiger partial charge on any atom is -0.855 e. The third-order valence-electron chi connectivity index (χ3n) is 0.558.